The van der Waals surface area contributed by atoms with E-state index < -0.39 is 12.7 Å². The molecule has 0 spiro atoms. The molecular formula is C12H21F3N2. The Morgan fingerprint density at radius 1 is 1.29 bits per heavy atom. The summed E-state index contributed by atoms with van der Waals surface area (Å²) in [5, 5.41) is 3.47. The van der Waals surface area contributed by atoms with Crippen molar-refractivity contribution in [2.75, 3.05) is 26.2 Å². The van der Waals surface area contributed by atoms with E-state index in [2.05, 4.69) is 12.2 Å². The van der Waals surface area contributed by atoms with Crippen LogP contribution in [0.15, 0.2) is 0 Å². The van der Waals surface area contributed by atoms with E-state index in [1.54, 1.807) is 0 Å². The lowest BCUT2D eigenvalue weighted by Crippen LogP contribution is -2.42. The molecule has 1 aliphatic heterocycles. The van der Waals surface area contributed by atoms with E-state index in [-0.39, 0.29) is 0 Å². The van der Waals surface area contributed by atoms with Gasteiger partial charge in [0.2, 0.25) is 0 Å². The minimum absolute atomic E-state index is 0.397. The topological polar surface area (TPSA) is 15.3 Å². The summed E-state index contributed by atoms with van der Waals surface area (Å²) in [6.07, 6.45) is -0.713. The molecule has 100 valence electrons. The molecule has 2 fully saturated rings. The number of hydrogen-bond acceptors (Lipinski definition) is 2. The molecule has 0 aromatic heterocycles. The maximum atomic E-state index is 12.2. The number of nitrogens with one attached hydrogen (secondary N) is 1. The lowest BCUT2D eigenvalue weighted by Gasteiger charge is -2.34. The number of likely N-dealkylation sites (tertiary alicyclic amines) is 1. The molecule has 2 nitrogen and oxygen atoms in total. The molecule has 0 aromatic carbocycles. The molecule has 1 aliphatic carbocycles. The van der Waals surface area contributed by atoms with Crippen LogP contribution in [0.5, 0.6) is 0 Å². The van der Waals surface area contributed by atoms with Crippen molar-refractivity contribution in [2.45, 2.75) is 38.4 Å². The fraction of sp³-hybridized carbons (Fsp3) is 1.00. The van der Waals surface area contributed by atoms with Gasteiger partial charge in [-0.15, -0.1) is 0 Å². The fourth-order valence-corrected chi connectivity index (χ4v) is 2.88. The molecule has 5 heteroatoms. The normalized spacial score (nSPS) is 34.9. The molecule has 2 aliphatic rings. The summed E-state index contributed by atoms with van der Waals surface area (Å²) < 4.78 is 36.6. The summed E-state index contributed by atoms with van der Waals surface area (Å²) in [6.45, 7) is 3.55. The van der Waals surface area contributed by atoms with E-state index in [0.29, 0.717) is 25.0 Å². The number of nitrogens with zero attached hydrogens (tertiary/aromatic N) is 1. The summed E-state index contributed by atoms with van der Waals surface area (Å²) >= 11 is 0. The van der Waals surface area contributed by atoms with Gasteiger partial charge in [0, 0.05) is 12.6 Å². The number of hydrogen-bond donors (Lipinski definition) is 1. The van der Waals surface area contributed by atoms with Crippen LogP contribution < -0.4 is 5.32 Å². The van der Waals surface area contributed by atoms with Crippen molar-refractivity contribution >= 4 is 0 Å². The molecule has 2 rings (SSSR count). The zero-order chi connectivity index (χ0) is 12.5. The predicted octanol–water partition coefficient (Wildman–Crippen LogP) is 2.26. The quantitative estimate of drug-likeness (QED) is 0.823. The van der Waals surface area contributed by atoms with Gasteiger partial charge in [0.1, 0.15) is 0 Å². The molecule has 1 unspecified atom stereocenters. The highest BCUT2D eigenvalue weighted by atomic mass is 19.4. The molecule has 17 heavy (non-hydrogen) atoms. The maximum Gasteiger partial charge on any atom is 0.401 e. The second-order valence-electron chi connectivity index (χ2n) is 5.69. The Balaban J connectivity index is 1.61. The van der Waals surface area contributed by atoms with Gasteiger partial charge in [-0.2, -0.15) is 13.2 Å². The van der Waals surface area contributed by atoms with E-state index in [4.69, 9.17) is 0 Å². The van der Waals surface area contributed by atoms with E-state index in [1.807, 2.05) is 0 Å². The standard InChI is InChI=1S/C12H21F3N2/c1-9-4-11(5-9)16-6-10-2-3-17(7-10)8-12(13,14)15/h9-11,16H,2-8H2,1H3. The first kappa shape index (κ1) is 13.1. The van der Waals surface area contributed by atoms with E-state index in [9.17, 15) is 13.2 Å². The molecule has 1 atom stereocenters. The van der Waals surface area contributed by atoms with Gasteiger partial charge in [-0.25, -0.2) is 0 Å². The van der Waals surface area contributed by atoms with Crippen LogP contribution in [-0.4, -0.2) is 43.3 Å². The Bertz CT molecular complexity index is 249. The molecule has 1 saturated heterocycles. The summed E-state index contributed by atoms with van der Waals surface area (Å²) in [5.74, 6) is 1.21. The van der Waals surface area contributed by atoms with Crippen LogP contribution >= 0.6 is 0 Å². The smallest absolute Gasteiger partial charge is 0.314 e. The largest absolute Gasteiger partial charge is 0.401 e. The monoisotopic (exact) mass is 250 g/mol. The third-order valence-electron chi connectivity index (χ3n) is 3.84. The molecule has 0 amide bonds. The molecule has 0 radical (unpaired) electrons. The maximum absolute atomic E-state index is 12.2. The van der Waals surface area contributed by atoms with Gasteiger partial charge in [0.25, 0.3) is 0 Å². The van der Waals surface area contributed by atoms with Crippen LogP contribution in [0.4, 0.5) is 13.2 Å². The lowest BCUT2D eigenvalue weighted by molar-refractivity contribution is -0.143. The highest BCUT2D eigenvalue weighted by molar-refractivity contribution is 4.85. The minimum Gasteiger partial charge on any atom is -0.314 e. The molecule has 0 bridgehead atoms. The third-order valence-corrected chi connectivity index (χ3v) is 3.84. The van der Waals surface area contributed by atoms with E-state index >= 15 is 0 Å². The SMILES string of the molecule is CC1CC(NCC2CCN(CC(F)(F)F)C2)C1. The second-order valence-corrected chi connectivity index (χ2v) is 5.69. The van der Waals surface area contributed by atoms with Gasteiger partial charge in [0.15, 0.2) is 0 Å². The van der Waals surface area contributed by atoms with Gasteiger partial charge < -0.3 is 5.32 Å². The van der Waals surface area contributed by atoms with Crippen LogP contribution in [0.1, 0.15) is 26.2 Å². The average molecular weight is 250 g/mol. The molecule has 1 saturated carbocycles. The highest BCUT2D eigenvalue weighted by Crippen LogP contribution is 2.27. The Labute approximate surface area is 101 Å². The number of rotatable bonds is 4. The van der Waals surface area contributed by atoms with Crippen molar-refractivity contribution < 1.29 is 13.2 Å². The van der Waals surface area contributed by atoms with Crippen molar-refractivity contribution in [3.63, 3.8) is 0 Å². The third kappa shape index (κ3) is 4.14. The lowest BCUT2D eigenvalue weighted by atomic mass is 9.82. The van der Waals surface area contributed by atoms with Gasteiger partial charge in [-0.1, -0.05) is 6.92 Å². The van der Waals surface area contributed by atoms with Crippen molar-refractivity contribution in [1.29, 1.82) is 0 Å². The van der Waals surface area contributed by atoms with E-state index in [1.165, 1.54) is 17.7 Å². The first-order chi connectivity index (χ1) is 7.92. The Morgan fingerprint density at radius 3 is 2.59 bits per heavy atom. The minimum atomic E-state index is -4.05. The summed E-state index contributed by atoms with van der Waals surface area (Å²) in [4.78, 5) is 1.52. The van der Waals surface area contributed by atoms with Crippen LogP contribution in [0.3, 0.4) is 0 Å². The average Bonchev–Trinajstić information content (AvgIpc) is 2.55. The first-order valence-electron chi connectivity index (χ1n) is 6.45. The molecule has 1 N–H and O–H groups in total. The zero-order valence-electron chi connectivity index (χ0n) is 10.3. The van der Waals surface area contributed by atoms with Crippen LogP contribution in [0, 0.1) is 11.8 Å². The predicted molar refractivity (Wildman–Crippen MR) is 60.8 cm³/mol. The van der Waals surface area contributed by atoms with Crippen molar-refractivity contribution in [3.05, 3.63) is 0 Å². The highest BCUT2D eigenvalue weighted by Gasteiger charge is 2.34. The van der Waals surface area contributed by atoms with Crippen LogP contribution in [0.25, 0.3) is 0 Å². The second kappa shape index (κ2) is 5.14. The van der Waals surface area contributed by atoms with Gasteiger partial charge in [-0.05, 0) is 44.2 Å². The number of alkyl halides is 3. The summed E-state index contributed by atoms with van der Waals surface area (Å²) in [7, 11) is 0. The molecule has 0 aromatic rings. The zero-order valence-corrected chi connectivity index (χ0v) is 10.3. The Morgan fingerprint density at radius 2 is 2.00 bits per heavy atom. The van der Waals surface area contributed by atoms with Gasteiger partial charge in [0.05, 0.1) is 6.54 Å². The van der Waals surface area contributed by atoms with E-state index in [0.717, 1.165) is 18.9 Å². The van der Waals surface area contributed by atoms with Crippen LogP contribution in [-0.2, 0) is 0 Å². The van der Waals surface area contributed by atoms with Gasteiger partial charge >= 0.3 is 6.18 Å². The first-order valence-corrected chi connectivity index (χ1v) is 6.45. The summed E-state index contributed by atoms with van der Waals surface area (Å²) in [5.41, 5.74) is 0. The van der Waals surface area contributed by atoms with Crippen LogP contribution in [0.2, 0.25) is 0 Å². The number of halogens is 3. The fourth-order valence-electron chi connectivity index (χ4n) is 2.88. The molecule has 1 heterocycles. The summed E-state index contributed by atoms with van der Waals surface area (Å²) in [6, 6.07) is 0.613. The van der Waals surface area contributed by atoms with Crippen molar-refractivity contribution in [1.82, 2.24) is 10.2 Å². The molecular weight excluding hydrogens is 229 g/mol. The Kier molecular flexibility index (Phi) is 3.98. The van der Waals surface area contributed by atoms with Gasteiger partial charge in [-0.3, -0.25) is 4.90 Å². The van der Waals surface area contributed by atoms with Crippen molar-refractivity contribution in [3.8, 4) is 0 Å². The Hall–Kier alpha value is -0.290. The van der Waals surface area contributed by atoms with Crippen molar-refractivity contribution in [2.24, 2.45) is 11.8 Å².